The Morgan fingerprint density at radius 3 is 2.38 bits per heavy atom. The van der Waals surface area contributed by atoms with Crippen LogP contribution in [0.2, 0.25) is 0 Å². The first-order valence-corrected chi connectivity index (χ1v) is 12.2. The van der Waals surface area contributed by atoms with Crippen LogP contribution in [0.1, 0.15) is 38.2 Å². The molecule has 32 heavy (non-hydrogen) atoms. The molecule has 7 nitrogen and oxygen atoms in total. The zero-order chi connectivity index (χ0) is 23.5. The quantitative estimate of drug-likeness (QED) is 0.656. The van der Waals surface area contributed by atoms with Gasteiger partial charge in [-0.15, -0.1) is 0 Å². The van der Waals surface area contributed by atoms with Gasteiger partial charge < -0.3 is 9.80 Å². The number of hydrogen-bond donors (Lipinski definition) is 0. The van der Waals surface area contributed by atoms with Crippen molar-refractivity contribution < 1.29 is 31.2 Å². The van der Waals surface area contributed by atoms with Crippen LogP contribution >= 0.6 is 0 Å². The number of piperidine rings is 1. The molecular formula is C21H28F3N3O4S. The van der Waals surface area contributed by atoms with E-state index in [9.17, 15) is 31.2 Å². The second kappa shape index (κ2) is 9.78. The van der Waals surface area contributed by atoms with Gasteiger partial charge in [0, 0.05) is 45.7 Å². The normalized spacial score (nSPS) is 20.9. The third-order valence-electron chi connectivity index (χ3n) is 5.94. The van der Waals surface area contributed by atoms with Gasteiger partial charge in [0.2, 0.25) is 21.8 Å². The first kappa shape index (κ1) is 24.5. The van der Waals surface area contributed by atoms with Crippen LogP contribution in [-0.2, 0) is 25.8 Å². The van der Waals surface area contributed by atoms with Crippen molar-refractivity contribution in [1.29, 1.82) is 0 Å². The summed E-state index contributed by atoms with van der Waals surface area (Å²) in [6.45, 7) is 3.29. The Hall–Kier alpha value is -2.14. The molecule has 0 aliphatic carbocycles. The van der Waals surface area contributed by atoms with E-state index in [-0.39, 0.29) is 43.9 Å². The van der Waals surface area contributed by atoms with E-state index in [2.05, 4.69) is 0 Å². The Morgan fingerprint density at radius 1 is 1.06 bits per heavy atom. The lowest BCUT2D eigenvalue weighted by Gasteiger charge is -2.38. The topological polar surface area (TPSA) is 78.0 Å². The molecule has 2 aliphatic rings. The first-order chi connectivity index (χ1) is 15.0. The monoisotopic (exact) mass is 475 g/mol. The summed E-state index contributed by atoms with van der Waals surface area (Å²) >= 11 is 0. The fraction of sp³-hybridized carbons (Fsp3) is 0.619. The smallest absolute Gasteiger partial charge is 0.342 e. The predicted molar refractivity (Wildman–Crippen MR) is 111 cm³/mol. The van der Waals surface area contributed by atoms with E-state index in [4.69, 9.17) is 0 Å². The Balaban J connectivity index is 1.62. The van der Waals surface area contributed by atoms with Crippen molar-refractivity contribution in [3.8, 4) is 0 Å². The summed E-state index contributed by atoms with van der Waals surface area (Å²) in [7, 11) is -4.10. The highest BCUT2D eigenvalue weighted by molar-refractivity contribution is 7.89. The summed E-state index contributed by atoms with van der Waals surface area (Å²) in [5.41, 5.74) is -1.02. The van der Waals surface area contributed by atoms with Crippen molar-refractivity contribution in [2.45, 2.75) is 43.7 Å². The summed E-state index contributed by atoms with van der Waals surface area (Å²) in [4.78, 5) is 28.0. The van der Waals surface area contributed by atoms with Crippen molar-refractivity contribution >= 4 is 21.8 Å². The second-order valence-corrected chi connectivity index (χ2v) is 10.1. The molecule has 1 aromatic rings. The number of rotatable bonds is 5. The predicted octanol–water partition coefficient (Wildman–Crippen LogP) is 2.58. The number of likely N-dealkylation sites (tertiary alicyclic amines) is 1. The number of benzene rings is 1. The molecule has 2 fully saturated rings. The molecule has 0 aromatic heterocycles. The Kier molecular flexibility index (Phi) is 7.49. The highest BCUT2D eigenvalue weighted by Crippen LogP contribution is 2.31. The van der Waals surface area contributed by atoms with Crippen LogP contribution in [-0.4, -0.2) is 73.6 Å². The van der Waals surface area contributed by atoms with E-state index < -0.39 is 26.7 Å². The molecule has 0 spiro atoms. The lowest BCUT2D eigenvalue weighted by atomic mass is 9.96. The lowest BCUT2D eigenvalue weighted by Crippen LogP contribution is -2.54. The van der Waals surface area contributed by atoms with Crippen molar-refractivity contribution in [1.82, 2.24) is 14.1 Å². The van der Waals surface area contributed by atoms with Gasteiger partial charge in [-0.05, 0) is 37.5 Å². The zero-order valence-electron chi connectivity index (χ0n) is 18.0. The SMILES string of the molecule is CCCC(=O)N1CCCC(C(=O)N2CCN(S(=O)(=O)c3cccc(C(F)(F)F)c3)CC2)C1. The largest absolute Gasteiger partial charge is 0.416 e. The van der Waals surface area contributed by atoms with Gasteiger partial charge in [0.15, 0.2) is 0 Å². The molecule has 178 valence electrons. The average Bonchev–Trinajstić information content (AvgIpc) is 2.78. The summed E-state index contributed by atoms with van der Waals surface area (Å²) in [5, 5.41) is 0. The van der Waals surface area contributed by atoms with Gasteiger partial charge in [-0.2, -0.15) is 17.5 Å². The van der Waals surface area contributed by atoms with Crippen molar-refractivity contribution in [2.75, 3.05) is 39.3 Å². The van der Waals surface area contributed by atoms with E-state index in [0.717, 1.165) is 35.3 Å². The number of piperazine rings is 1. The van der Waals surface area contributed by atoms with Gasteiger partial charge in [0.25, 0.3) is 0 Å². The van der Waals surface area contributed by atoms with E-state index in [1.54, 1.807) is 9.80 Å². The van der Waals surface area contributed by atoms with Gasteiger partial charge in [-0.1, -0.05) is 13.0 Å². The fourth-order valence-corrected chi connectivity index (χ4v) is 5.63. The average molecular weight is 476 g/mol. The summed E-state index contributed by atoms with van der Waals surface area (Å²) < 4.78 is 65.7. The van der Waals surface area contributed by atoms with Crippen LogP contribution in [0.25, 0.3) is 0 Å². The lowest BCUT2D eigenvalue weighted by molar-refractivity contribution is -0.142. The molecule has 11 heteroatoms. The van der Waals surface area contributed by atoms with E-state index in [1.165, 1.54) is 0 Å². The summed E-state index contributed by atoms with van der Waals surface area (Å²) in [5.74, 6) is -0.367. The molecule has 1 unspecified atom stereocenters. The zero-order valence-corrected chi connectivity index (χ0v) is 18.8. The van der Waals surface area contributed by atoms with Crippen LogP contribution in [0.4, 0.5) is 13.2 Å². The molecule has 2 aliphatic heterocycles. The van der Waals surface area contributed by atoms with Crippen molar-refractivity contribution in [2.24, 2.45) is 5.92 Å². The van der Waals surface area contributed by atoms with E-state index >= 15 is 0 Å². The molecule has 0 radical (unpaired) electrons. The van der Waals surface area contributed by atoms with Crippen molar-refractivity contribution in [3.05, 3.63) is 29.8 Å². The first-order valence-electron chi connectivity index (χ1n) is 10.8. The van der Waals surface area contributed by atoms with Crippen LogP contribution in [0.15, 0.2) is 29.2 Å². The molecule has 2 heterocycles. The molecule has 1 aromatic carbocycles. The van der Waals surface area contributed by atoms with Gasteiger partial charge >= 0.3 is 6.18 Å². The fourth-order valence-electron chi connectivity index (χ4n) is 4.17. The third kappa shape index (κ3) is 5.43. The van der Waals surface area contributed by atoms with Crippen molar-refractivity contribution in [3.63, 3.8) is 0 Å². The standard InChI is InChI=1S/C21H28F3N3O4S/c1-2-5-19(28)26-9-4-6-16(15-26)20(29)25-10-12-27(13-11-25)32(30,31)18-8-3-7-17(14-18)21(22,23)24/h3,7-8,14,16H,2,4-6,9-13,15H2,1H3. The van der Waals surface area contributed by atoms with Gasteiger partial charge in [-0.25, -0.2) is 8.42 Å². The number of carbonyl (C=O) groups excluding carboxylic acids is 2. The molecule has 0 saturated carbocycles. The van der Waals surface area contributed by atoms with Gasteiger partial charge in [0.05, 0.1) is 16.4 Å². The van der Waals surface area contributed by atoms with Gasteiger partial charge in [-0.3, -0.25) is 9.59 Å². The number of halogens is 3. The van der Waals surface area contributed by atoms with Crippen LogP contribution < -0.4 is 0 Å². The highest BCUT2D eigenvalue weighted by Gasteiger charge is 2.36. The maximum Gasteiger partial charge on any atom is 0.416 e. The molecular weight excluding hydrogens is 447 g/mol. The number of hydrogen-bond acceptors (Lipinski definition) is 4. The Morgan fingerprint density at radius 2 is 1.75 bits per heavy atom. The number of nitrogens with zero attached hydrogens (tertiary/aromatic N) is 3. The maximum atomic E-state index is 13.0. The molecule has 0 N–H and O–H groups in total. The summed E-state index contributed by atoms with van der Waals surface area (Å²) in [6.07, 6.45) is -2.01. The molecule has 0 bridgehead atoms. The van der Waals surface area contributed by atoms with Crippen LogP contribution in [0.3, 0.4) is 0 Å². The number of amides is 2. The molecule has 1 atom stereocenters. The second-order valence-electron chi connectivity index (χ2n) is 8.18. The molecule has 2 amide bonds. The summed E-state index contributed by atoms with van der Waals surface area (Å²) in [6, 6.07) is 3.68. The Labute approximate surface area is 186 Å². The maximum absolute atomic E-state index is 13.0. The van der Waals surface area contributed by atoms with Gasteiger partial charge in [0.1, 0.15) is 0 Å². The minimum atomic E-state index is -4.64. The van der Waals surface area contributed by atoms with E-state index in [1.807, 2.05) is 6.92 Å². The minimum Gasteiger partial charge on any atom is -0.342 e. The van der Waals surface area contributed by atoms with Crippen LogP contribution in [0.5, 0.6) is 0 Å². The molecule has 2 saturated heterocycles. The number of carbonyl (C=O) groups is 2. The molecule has 3 rings (SSSR count). The number of alkyl halides is 3. The van der Waals surface area contributed by atoms with E-state index in [0.29, 0.717) is 32.0 Å². The van der Waals surface area contributed by atoms with Crippen LogP contribution in [0, 0.1) is 5.92 Å². The minimum absolute atomic E-state index is 0.00944. The third-order valence-corrected chi connectivity index (χ3v) is 7.83. The highest BCUT2D eigenvalue weighted by atomic mass is 32.2. The Bertz CT molecular complexity index is 944. The number of sulfonamides is 1.